The number of nitrogens with one attached hydrogen (secondary N) is 1. The summed E-state index contributed by atoms with van der Waals surface area (Å²) in [5.74, 6) is -1.49. The van der Waals surface area contributed by atoms with Crippen LogP contribution in [0.25, 0.3) is 0 Å². The van der Waals surface area contributed by atoms with E-state index < -0.39 is 11.9 Å². The van der Waals surface area contributed by atoms with Gasteiger partial charge >= 0.3 is 5.97 Å². The van der Waals surface area contributed by atoms with Gasteiger partial charge in [-0.15, -0.1) is 0 Å². The average molecular weight is 259 g/mol. The highest BCUT2D eigenvalue weighted by atomic mass is 16.4. The van der Waals surface area contributed by atoms with Crippen molar-refractivity contribution in [2.45, 2.75) is 26.3 Å². The zero-order valence-electron chi connectivity index (χ0n) is 11.0. The van der Waals surface area contributed by atoms with Crippen molar-refractivity contribution >= 4 is 11.9 Å². The summed E-state index contributed by atoms with van der Waals surface area (Å²) in [6.45, 7) is 3.79. The molecule has 1 aromatic rings. The molecule has 0 heterocycles. The molecule has 0 saturated carbocycles. The van der Waals surface area contributed by atoms with E-state index in [0.717, 1.165) is 11.1 Å². The Morgan fingerprint density at radius 1 is 1.21 bits per heavy atom. The SMILES string of the molecule is Cc1cccc(C)c1C(=O)NC1C=CC(C(=O)O)C1. The lowest BCUT2D eigenvalue weighted by atomic mass is 10.0. The van der Waals surface area contributed by atoms with Gasteiger partial charge in [0.05, 0.1) is 5.92 Å². The van der Waals surface area contributed by atoms with Gasteiger partial charge in [0.15, 0.2) is 0 Å². The summed E-state index contributed by atoms with van der Waals surface area (Å²) in [4.78, 5) is 23.1. The summed E-state index contributed by atoms with van der Waals surface area (Å²) in [6.07, 6.45) is 3.81. The van der Waals surface area contributed by atoms with E-state index in [1.807, 2.05) is 32.0 Å². The van der Waals surface area contributed by atoms with Gasteiger partial charge in [0.25, 0.3) is 5.91 Å². The van der Waals surface area contributed by atoms with E-state index in [0.29, 0.717) is 12.0 Å². The van der Waals surface area contributed by atoms with Crippen molar-refractivity contribution in [3.05, 3.63) is 47.0 Å². The van der Waals surface area contributed by atoms with Gasteiger partial charge in [-0.25, -0.2) is 0 Å². The van der Waals surface area contributed by atoms with Crippen molar-refractivity contribution in [2.75, 3.05) is 0 Å². The summed E-state index contributed by atoms with van der Waals surface area (Å²) in [5, 5.41) is 11.8. The average Bonchev–Trinajstić information content (AvgIpc) is 2.77. The van der Waals surface area contributed by atoms with Gasteiger partial charge in [-0.2, -0.15) is 0 Å². The molecular formula is C15H17NO3. The molecule has 0 radical (unpaired) electrons. The molecule has 4 heteroatoms. The number of aliphatic carboxylic acids is 1. The van der Waals surface area contributed by atoms with Crippen molar-refractivity contribution in [1.82, 2.24) is 5.32 Å². The fourth-order valence-electron chi connectivity index (χ4n) is 2.40. The number of carbonyl (C=O) groups excluding carboxylic acids is 1. The maximum atomic E-state index is 12.2. The lowest BCUT2D eigenvalue weighted by molar-refractivity contribution is -0.140. The minimum atomic E-state index is -0.847. The van der Waals surface area contributed by atoms with Crippen LogP contribution in [0.1, 0.15) is 27.9 Å². The van der Waals surface area contributed by atoms with Crippen LogP contribution in [0.2, 0.25) is 0 Å². The number of rotatable bonds is 3. The third-order valence-corrected chi connectivity index (χ3v) is 3.43. The van der Waals surface area contributed by atoms with Crippen molar-refractivity contribution in [3.63, 3.8) is 0 Å². The second kappa shape index (κ2) is 5.26. The third-order valence-electron chi connectivity index (χ3n) is 3.43. The summed E-state index contributed by atoms with van der Waals surface area (Å²) >= 11 is 0. The van der Waals surface area contributed by atoms with Crippen LogP contribution in [-0.2, 0) is 4.79 Å². The van der Waals surface area contributed by atoms with Crippen LogP contribution < -0.4 is 5.32 Å². The van der Waals surface area contributed by atoms with E-state index in [1.54, 1.807) is 12.2 Å². The van der Waals surface area contributed by atoms with E-state index in [4.69, 9.17) is 5.11 Å². The highest BCUT2D eigenvalue weighted by Crippen LogP contribution is 2.19. The first-order valence-corrected chi connectivity index (χ1v) is 6.27. The second-order valence-electron chi connectivity index (χ2n) is 4.91. The van der Waals surface area contributed by atoms with E-state index in [2.05, 4.69) is 5.32 Å². The van der Waals surface area contributed by atoms with Gasteiger partial charge in [0.1, 0.15) is 0 Å². The minimum absolute atomic E-state index is 0.142. The van der Waals surface area contributed by atoms with Crippen LogP contribution in [-0.4, -0.2) is 23.0 Å². The Morgan fingerprint density at radius 2 is 1.84 bits per heavy atom. The van der Waals surface area contributed by atoms with Crippen LogP contribution in [0.5, 0.6) is 0 Å². The number of carboxylic acid groups (broad SMARTS) is 1. The number of carbonyl (C=O) groups is 2. The molecule has 0 saturated heterocycles. The monoisotopic (exact) mass is 259 g/mol. The summed E-state index contributed by atoms with van der Waals surface area (Å²) < 4.78 is 0. The van der Waals surface area contributed by atoms with E-state index >= 15 is 0 Å². The Balaban J connectivity index is 2.07. The highest BCUT2D eigenvalue weighted by molar-refractivity contribution is 5.97. The molecule has 2 atom stereocenters. The predicted molar refractivity (Wildman–Crippen MR) is 72.1 cm³/mol. The van der Waals surface area contributed by atoms with Gasteiger partial charge in [0.2, 0.25) is 0 Å². The van der Waals surface area contributed by atoms with Gasteiger partial charge < -0.3 is 10.4 Å². The molecule has 0 bridgehead atoms. The van der Waals surface area contributed by atoms with Crippen molar-refractivity contribution in [1.29, 1.82) is 0 Å². The Labute approximate surface area is 112 Å². The van der Waals surface area contributed by atoms with E-state index in [9.17, 15) is 9.59 Å². The van der Waals surface area contributed by atoms with E-state index in [-0.39, 0.29) is 11.9 Å². The lowest BCUT2D eigenvalue weighted by Crippen LogP contribution is -2.34. The largest absolute Gasteiger partial charge is 0.481 e. The highest BCUT2D eigenvalue weighted by Gasteiger charge is 2.26. The van der Waals surface area contributed by atoms with Gasteiger partial charge in [-0.3, -0.25) is 9.59 Å². The number of benzene rings is 1. The Bertz CT molecular complexity index is 528. The number of hydrogen-bond donors (Lipinski definition) is 2. The van der Waals surface area contributed by atoms with Gasteiger partial charge in [0, 0.05) is 11.6 Å². The van der Waals surface area contributed by atoms with Gasteiger partial charge in [-0.1, -0.05) is 30.4 Å². The maximum Gasteiger partial charge on any atom is 0.310 e. The Kier molecular flexibility index (Phi) is 3.69. The molecule has 1 aliphatic carbocycles. The summed E-state index contributed by atoms with van der Waals surface area (Å²) in [7, 11) is 0. The Morgan fingerprint density at radius 3 is 2.37 bits per heavy atom. The molecule has 1 aliphatic rings. The molecule has 2 rings (SSSR count). The first-order chi connectivity index (χ1) is 8.99. The number of aryl methyl sites for hydroxylation is 2. The first-order valence-electron chi connectivity index (χ1n) is 6.27. The van der Waals surface area contributed by atoms with Crippen molar-refractivity contribution in [3.8, 4) is 0 Å². The van der Waals surface area contributed by atoms with Crippen LogP contribution in [0.3, 0.4) is 0 Å². The molecule has 0 fully saturated rings. The van der Waals surface area contributed by atoms with Crippen LogP contribution >= 0.6 is 0 Å². The fourth-order valence-corrected chi connectivity index (χ4v) is 2.40. The molecule has 100 valence electrons. The molecule has 0 aromatic heterocycles. The fraction of sp³-hybridized carbons (Fsp3) is 0.333. The molecule has 2 unspecified atom stereocenters. The minimum Gasteiger partial charge on any atom is -0.481 e. The molecule has 1 aromatic carbocycles. The quantitative estimate of drug-likeness (QED) is 0.816. The molecule has 0 aliphatic heterocycles. The van der Waals surface area contributed by atoms with E-state index in [1.165, 1.54) is 0 Å². The van der Waals surface area contributed by atoms with Crippen molar-refractivity contribution in [2.24, 2.45) is 5.92 Å². The number of hydrogen-bond acceptors (Lipinski definition) is 2. The first kappa shape index (κ1) is 13.3. The standard InChI is InChI=1S/C15H17NO3/c1-9-4-3-5-10(2)13(9)14(17)16-12-7-6-11(8-12)15(18)19/h3-7,11-12H,8H2,1-2H3,(H,16,17)(H,18,19). The molecule has 4 nitrogen and oxygen atoms in total. The van der Waals surface area contributed by atoms with Crippen LogP contribution in [0.4, 0.5) is 0 Å². The molecule has 0 spiro atoms. The number of amides is 1. The molecule has 1 amide bonds. The molecule has 2 N–H and O–H groups in total. The third kappa shape index (κ3) is 2.84. The van der Waals surface area contributed by atoms with Gasteiger partial charge in [-0.05, 0) is 31.4 Å². The van der Waals surface area contributed by atoms with Crippen molar-refractivity contribution < 1.29 is 14.7 Å². The topological polar surface area (TPSA) is 66.4 Å². The summed E-state index contributed by atoms with van der Waals surface area (Å²) in [6, 6.07) is 5.50. The molecular weight excluding hydrogens is 242 g/mol. The zero-order chi connectivity index (χ0) is 14.0. The van der Waals surface area contributed by atoms with Crippen LogP contribution in [0.15, 0.2) is 30.4 Å². The van der Waals surface area contributed by atoms with Crippen LogP contribution in [0, 0.1) is 19.8 Å². The normalized spacial score (nSPS) is 21.4. The lowest BCUT2D eigenvalue weighted by Gasteiger charge is -2.15. The summed E-state index contributed by atoms with van der Waals surface area (Å²) in [5.41, 5.74) is 2.53. The number of carboxylic acids is 1. The maximum absolute atomic E-state index is 12.2. The zero-order valence-corrected chi connectivity index (χ0v) is 11.0. The predicted octanol–water partition coefficient (Wildman–Crippen LogP) is 2.06. The smallest absolute Gasteiger partial charge is 0.310 e. The Hall–Kier alpha value is -2.10. The second-order valence-corrected chi connectivity index (χ2v) is 4.91. The molecule has 19 heavy (non-hydrogen) atoms.